The monoisotopic (exact) mass is 343 g/mol. The summed E-state index contributed by atoms with van der Waals surface area (Å²) in [5, 5.41) is 1.27. The molecule has 1 amide bonds. The fourth-order valence-corrected chi connectivity index (χ4v) is 4.23. The highest BCUT2D eigenvalue weighted by molar-refractivity contribution is 6.30. The fourth-order valence-electron chi connectivity index (χ4n) is 4.03. The van der Waals surface area contributed by atoms with Gasteiger partial charge in [-0.3, -0.25) is 4.79 Å². The van der Waals surface area contributed by atoms with Crippen LogP contribution in [0.25, 0.3) is 10.9 Å². The summed E-state index contributed by atoms with van der Waals surface area (Å²) in [6.07, 6.45) is 4.75. The number of hydrogen-bond acceptors (Lipinski definition) is 3. The van der Waals surface area contributed by atoms with Gasteiger partial charge in [0.15, 0.2) is 0 Å². The Balaban J connectivity index is 1.62. The minimum atomic E-state index is 0.0946. The zero-order valence-corrected chi connectivity index (χ0v) is 14.5. The van der Waals surface area contributed by atoms with E-state index in [1.807, 2.05) is 24.3 Å². The minimum Gasteiger partial charge on any atom is -0.334 e. The number of pyridine rings is 1. The standard InChI is InChI=1S/C19H22ClN3O/c20-18-12-16(15-7-1-2-8-17(15)21-18)19(24)23-11-5-6-14(23)13-22-9-3-4-10-22/h1-2,7-8,12,14H,3-6,9-11,13H2/t14-/m0/s1. The summed E-state index contributed by atoms with van der Waals surface area (Å²) < 4.78 is 0. The number of benzene rings is 1. The van der Waals surface area contributed by atoms with Crippen molar-refractivity contribution in [1.82, 2.24) is 14.8 Å². The highest BCUT2D eigenvalue weighted by Gasteiger charge is 2.32. The third-order valence-corrected chi connectivity index (χ3v) is 5.41. The molecule has 2 saturated heterocycles. The van der Waals surface area contributed by atoms with Crippen molar-refractivity contribution in [2.75, 3.05) is 26.2 Å². The molecule has 24 heavy (non-hydrogen) atoms. The van der Waals surface area contributed by atoms with Crippen LogP contribution in [-0.2, 0) is 0 Å². The number of nitrogens with zero attached hydrogens (tertiary/aromatic N) is 3. The van der Waals surface area contributed by atoms with Crippen LogP contribution in [0.4, 0.5) is 0 Å². The van der Waals surface area contributed by atoms with E-state index < -0.39 is 0 Å². The van der Waals surface area contributed by atoms with Crippen molar-refractivity contribution < 1.29 is 4.79 Å². The summed E-state index contributed by atoms with van der Waals surface area (Å²) in [7, 11) is 0. The molecule has 1 atom stereocenters. The van der Waals surface area contributed by atoms with Gasteiger partial charge in [0.25, 0.3) is 5.91 Å². The van der Waals surface area contributed by atoms with E-state index in [2.05, 4.69) is 14.8 Å². The Morgan fingerprint density at radius 1 is 1.17 bits per heavy atom. The minimum absolute atomic E-state index is 0.0946. The van der Waals surface area contributed by atoms with Crippen LogP contribution in [0.3, 0.4) is 0 Å². The van der Waals surface area contributed by atoms with E-state index in [1.165, 1.54) is 25.9 Å². The van der Waals surface area contributed by atoms with Gasteiger partial charge in [-0.15, -0.1) is 0 Å². The Hall–Kier alpha value is -1.65. The first kappa shape index (κ1) is 15.9. The number of halogens is 1. The summed E-state index contributed by atoms with van der Waals surface area (Å²) in [6.45, 7) is 4.18. The Bertz CT molecular complexity index is 757. The lowest BCUT2D eigenvalue weighted by molar-refractivity contribution is 0.0710. The number of amides is 1. The van der Waals surface area contributed by atoms with Gasteiger partial charge in [0.2, 0.25) is 0 Å². The second kappa shape index (κ2) is 6.69. The lowest BCUT2D eigenvalue weighted by Crippen LogP contribution is -2.42. The Labute approximate surface area is 147 Å². The van der Waals surface area contributed by atoms with Gasteiger partial charge in [-0.05, 0) is 50.9 Å². The van der Waals surface area contributed by atoms with Crippen LogP contribution in [0.1, 0.15) is 36.0 Å². The van der Waals surface area contributed by atoms with Crippen LogP contribution < -0.4 is 0 Å². The van der Waals surface area contributed by atoms with Crippen molar-refractivity contribution in [2.24, 2.45) is 0 Å². The number of hydrogen-bond donors (Lipinski definition) is 0. The van der Waals surface area contributed by atoms with Crippen molar-refractivity contribution >= 4 is 28.4 Å². The van der Waals surface area contributed by atoms with Crippen LogP contribution in [0.5, 0.6) is 0 Å². The zero-order chi connectivity index (χ0) is 16.5. The van der Waals surface area contributed by atoms with Crippen LogP contribution in [0.2, 0.25) is 5.15 Å². The molecule has 126 valence electrons. The first-order chi connectivity index (χ1) is 11.7. The average molecular weight is 344 g/mol. The maximum absolute atomic E-state index is 13.2. The third-order valence-electron chi connectivity index (χ3n) is 5.22. The predicted octanol–water partition coefficient (Wildman–Crippen LogP) is 3.59. The molecule has 0 spiro atoms. The molecule has 3 heterocycles. The molecular weight excluding hydrogens is 322 g/mol. The van der Waals surface area contributed by atoms with Crippen molar-refractivity contribution in [1.29, 1.82) is 0 Å². The van der Waals surface area contributed by atoms with Crippen LogP contribution in [0.15, 0.2) is 30.3 Å². The number of carbonyl (C=O) groups excluding carboxylic acids is 1. The summed E-state index contributed by atoms with van der Waals surface area (Å²) in [4.78, 5) is 22.1. The number of carbonyl (C=O) groups is 1. The molecule has 0 N–H and O–H groups in total. The SMILES string of the molecule is O=C(c1cc(Cl)nc2ccccc12)N1CCC[C@H]1CN1CCCC1. The molecule has 2 aromatic rings. The van der Waals surface area contributed by atoms with E-state index >= 15 is 0 Å². The largest absolute Gasteiger partial charge is 0.334 e. The normalized spacial score (nSPS) is 21.7. The predicted molar refractivity (Wildman–Crippen MR) is 96.5 cm³/mol. The van der Waals surface area contributed by atoms with Gasteiger partial charge in [-0.25, -0.2) is 4.98 Å². The summed E-state index contributed by atoms with van der Waals surface area (Å²) in [5.41, 5.74) is 1.46. The molecule has 2 aliphatic rings. The lowest BCUT2D eigenvalue weighted by atomic mass is 10.1. The molecule has 0 bridgehead atoms. The van der Waals surface area contributed by atoms with Crippen molar-refractivity contribution in [3.63, 3.8) is 0 Å². The topological polar surface area (TPSA) is 36.4 Å². The highest BCUT2D eigenvalue weighted by Crippen LogP contribution is 2.27. The number of para-hydroxylation sites is 1. The van der Waals surface area contributed by atoms with Gasteiger partial charge in [0.1, 0.15) is 5.15 Å². The van der Waals surface area contributed by atoms with Crippen LogP contribution >= 0.6 is 11.6 Å². The van der Waals surface area contributed by atoms with Gasteiger partial charge >= 0.3 is 0 Å². The van der Waals surface area contributed by atoms with E-state index in [1.54, 1.807) is 6.07 Å². The second-order valence-electron chi connectivity index (χ2n) is 6.81. The molecule has 0 unspecified atom stereocenters. The molecule has 4 rings (SSSR count). The molecule has 1 aromatic heterocycles. The molecule has 0 aliphatic carbocycles. The van der Waals surface area contributed by atoms with Crippen molar-refractivity contribution in [3.05, 3.63) is 41.0 Å². The van der Waals surface area contributed by atoms with E-state index in [0.717, 1.165) is 36.8 Å². The number of fused-ring (bicyclic) bond motifs is 1. The molecule has 5 heteroatoms. The Morgan fingerprint density at radius 3 is 2.79 bits per heavy atom. The average Bonchev–Trinajstić information content (AvgIpc) is 3.26. The maximum atomic E-state index is 13.2. The van der Waals surface area contributed by atoms with Gasteiger partial charge in [0.05, 0.1) is 11.1 Å². The number of rotatable bonds is 3. The van der Waals surface area contributed by atoms with Gasteiger partial charge in [-0.2, -0.15) is 0 Å². The summed E-state index contributed by atoms with van der Waals surface area (Å²) in [6, 6.07) is 9.77. The zero-order valence-electron chi connectivity index (χ0n) is 13.7. The molecule has 2 fully saturated rings. The number of likely N-dealkylation sites (tertiary alicyclic amines) is 2. The smallest absolute Gasteiger partial charge is 0.254 e. The van der Waals surface area contributed by atoms with Gasteiger partial charge in [0, 0.05) is 24.5 Å². The first-order valence-electron chi connectivity index (χ1n) is 8.81. The quantitative estimate of drug-likeness (QED) is 0.799. The molecule has 0 saturated carbocycles. The highest BCUT2D eigenvalue weighted by atomic mass is 35.5. The van der Waals surface area contributed by atoms with E-state index in [9.17, 15) is 4.79 Å². The molecule has 0 radical (unpaired) electrons. The molecule has 1 aromatic carbocycles. The van der Waals surface area contributed by atoms with Gasteiger partial charge < -0.3 is 9.80 Å². The summed E-state index contributed by atoms with van der Waals surface area (Å²) in [5.74, 6) is 0.0946. The fraction of sp³-hybridized carbons (Fsp3) is 0.474. The lowest BCUT2D eigenvalue weighted by Gasteiger charge is -2.29. The third kappa shape index (κ3) is 3.01. The second-order valence-corrected chi connectivity index (χ2v) is 7.20. The van der Waals surface area contributed by atoms with Gasteiger partial charge in [-0.1, -0.05) is 29.8 Å². The number of aromatic nitrogens is 1. The molecule has 4 nitrogen and oxygen atoms in total. The van der Waals surface area contributed by atoms with Crippen molar-refractivity contribution in [3.8, 4) is 0 Å². The molecule has 2 aliphatic heterocycles. The van der Waals surface area contributed by atoms with E-state index in [4.69, 9.17) is 11.6 Å². The van der Waals surface area contributed by atoms with E-state index in [0.29, 0.717) is 16.8 Å². The maximum Gasteiger partial charge on any atom is 0.254 e. The summed E-state index contributed by atoms with van der Waals surface area (Å²) >= 11 is 6.16. The van der Waals surface area contributed by atoms with Crippen LogP contribution in [0, 0.1) is 0 Å². The van der Waals surface area contributed by atoms with Crippen LogP contribution in [-0.4, -0.2) is 52.9 Å². The Morgan fingerprint density at radius 2 is 1.96 bits per heavy atom. The van der Waals surface area contributed by atoms with E-state index in [-0.39, 0.29) is 5.91 Å². The molecular formula is C19H22ClN3O. The first-order valence-corrected chi connectivity index (χ1v) is 9.19. The van der Waals surface area contributed by atoms with Crippen molar-refractivity contribution in [2.45, 2.75) is 31.7 Å². The Kier molecular flexibility index (Phi) is 4.42.